The second kappa shape index (κ2) is 6.48. The number of hydrogen-bond acceptors (Lipinski definition) is 3. The Balaban J connectivity index is 1.90. The number of carbonyl (C=O) groups excluding carboxylic acids is 1. The number of benzene rings is 1. The minimum absolute atomic E-state index is 0.0483. The molecule has 1 aromatic rings. The van der Waals surface area contributed by atoms with Crippen LogP contribution in [0.5, 0.6) is 5.75 Å². The Labute approximate surface area is 127 Å². The van der Waals surface area contributed by atoms with E-state index >= 15 is 0 Å². The fraction of sp³-hybridized carbons (Fsp3) is 0.588. The minimum atomic E-state index is 0.0483. The van der Waals surface area contributed by atoms with Crippen LogP contribution in [0.2, 0.25) is 0 Å². The van der Waals surface area contributed by atoms with Crippen LogP contribution in [0.25, 0.3) is 0 Å². The zero-order chi connectivity index (χ0) is 15.5. The molecule has 0 radical (unpaired) electrons. The second-order valence-electron chi connectivity index (χ2n) is 6.80. The minimum Gasteiger partial charge on any atom is -0.484 e. The van der Waals surface area contributed by atoms with Crippen LogP contribution in [0.4, 0.5) is 0 Å². The molecule has 0 bridgehead atoms. The molecule has 1 heterocycles. The summed E-state index contributed by atoms with van der Waals surface area (Å²) in [4.78, 5) is 14.0. The van der Waals surface area contributed by atoms with Crippen molar-refractivity contribution in [1.29, 1.82) is 0 Å². The van der Waals surface area contributed by atoms with Crippen LogP contribution in [0, 0.1) is 5.92 Å². The molecule has 4 heteroatoms. The van der Waals surface area contributed by atoms with Crippen molar-refractivity contribution in [3.63, 3.8) is 0 Å². The summed E-state index contributed by atoms with van der Waals surface area (Å²) in [5, 5.41) is 0. The molecule has 0 saturated carbocycles. The highest BCUT2D eigenvalue weighted by Gasteiger charge is 2.25. The van der Waals surface area contributed by atoms with Gasteiger partial charge in [-0.25, -0.2) is 0 Å². The molecule has 0 unspecified atom stereocenters. The quantitative estimate of drug-likeness (QED) is 0.924. The lowest BCUT2D eigenvalue weighted by molar-refractivity contribution is -0.132. The lowest BCUT2D eigenvalue weighted by Crippen LogP contribution is -2.33. The highest BCUT2D eigenvalue weighted by Crippen LogP contribution is 2.25. The first-order valence-electron chi connectivity index (χ1n) is 7.61. The largest absolute Gasteiger partial charge is 0.484 e. The molecule has 1 fully saturated rings. The second-order valence-corrected chi connectivity index (χ2v) is 6.80. The first kappa shape index (κ1) is 15.8. The average Bonchev–Trinajstić information content (AvgIpc) is 2.93. The molecule has 1 amide bonds. The molecule has 2 rings (SSSR count). The van der Waals surface area contributed by atoms with Gasteiger partial charge in [-0.05, 0) is 42.0 Å². The number of hydrogen-bond donors (Lipinski definition) is 1. The van der Waals surface area contributed by atoms with Crippen LogP contribution in [0.1, 0.15) is 32.8 Å². The van der Waals surface area contributed by atoms with E-state index in [0.717, 1.165) is 25.3 Å². The molecule has 1 aliphatic rings. The number of likely N-dealkylation sites (tertiary alicyclic amines) is 1. The van der Waals surface area contributed by atoms with Gasteiger partial charge in [-0.3, -0.25) is 4.79 Å². The number of nitrogens with zero attached hydrogens (tertiary/aromatic N) is 1. The number of nitrogens with two attached hydrogens (primary N) is 1. The third kappa shape index (κ3) is 4.21. The summed E-state index contributed by atoms with van der Waals surface area (Å²) in [5.74, 6) is 1.25. The molecule has 1 aromatic carbocycles. The smallest absolute Gasteiger partial charge is 0.260 e. The van der Waals surface area contributed by atoms with Gasteiger partial charge in [0.15, 0.2) is 6.61 Å². The van der Waals surface area contributed by atoms with Gasteiger partial charge in [0.25, 0.3) is 5.91 Å². The van der Waals surface area contributed by atoms with E-state index < -0.39 is 0 Å². The van der Waals surface area contributed by atoms with Crippen molar-refractivity contribution in [3.8, 4) is 5.75 Å². The van der Waals surface area contributed by atoms with Crippen molar-refractivity contribution in [3.05, 3.63) is 29.8 Å². The van der Waals surface area contributed by atoms with E-state index in [2.05, 4.69) is 26.8 Å². The van der Waals surface area contributed by atoms with Gasteiger partial charge in [-0.2, -0.15) is 0 Å². The topological polar surface area (TPSA) is 55.6 Å². The van der Waals surface area contributed by atoms with E-state index in [1.807, 2.05) is 23.1 Å². The Morgan fingerprint density at radius 1 is 1.43 bits per heavy atom. The summed E-state index contributed by atoms with van der Waals surface area (Å²) in [7, 11) is 0. The van der Waals surface area contributed by atoms with Crippen LogP contribution in [0.15, 0.2) is 24.3 Å². The summed E-state index contributed by atoms with van der Waals surface area (Å²) < 4.78 is 5.66. The van der Waals surface area contributed by atoms with Crippen molar-refractivity contribution in [2.45, 2.75) is 32.6 Å². The van der Waals surface area contributed by atoms with Crippen LogP contribution in [0.3, 0.4) is 0 Å². The Bertz CT molecular complexity index is 494. The van der Waals surface area contributed by atoms with Gasteiger partial charge >= 0.3 is 0 Å². The number of carbonyl (C=O) groups is 1. The Morgan fingerprint density at radius 3 is 2.81 bits per heavy atom. The van der Waals surface area contributed by atoms with Gasteiger partial charge in [-0.1, -0.05) is 32.9 Å². The third-order valence-corrected chi connectivity index (χ3v) is 4.03. The van der Waals surface area contributed by atoms with Crippen molar-refractivity contribution in [1.82, 2.24) is 4.90 Å². The Hall–Kier alpha value is -1.55. The van der Waals surface area contributed by atoms with E-state index in [0.29, 0.717) is 12.5 Å². The summed E-state index contributed by atoms with van der Waals surface area (Å²) in [5.41, 5.74) is 6.93. The standard InChI is InChI=1S/C17H26N2O2/c1-17(2,3)14-5-4-6-15(9-14)21-12-16(20)19-8-7-13(10-18)11-19/h4-6,9,13H,7-8,10-12,18H2,1-3H3/t13-/m1/s1. The Kier molecular flexibility index (Phi) is 4.88. The molecule has 4 nitrogen and oxygen atoms in total. The van der Waals surface area contributed by atoms with Gasteiger partial charge in [-0.15, -0.1) is 0 Å². The zero-order valence-corrected chi connectivity index (χ0v) is 13.3. The summed E-state index contributed by atoms with van der Waals surface area (Å²) in [6, 6.07) is 7.97. The molecule has 2 N–H and O–H groups in total. The normalized spacial score (nSPS) is 18.9. The summed E-state index contributed by atoms with van der Waals surface area (Å²) >= 11 is 0. The van der Waals surface area contributed by atoms with Crippen molar-refractivity contribution < 1.29 is 9.53 Å². The number of ether oxygens (including phenoxy) is 1. The maximum atomic E-state index is 12.1. The fourth-order valence-corrected chi connectivity index (χ4v) is 2.54. The average molecular weight is 290 g/mol. The summed E-state index contributed by atoms with van der Waals surface area (Å²) in [6.45, 7) is 8.80. The molecule has 116 valence electrons. The zero-order valence-electron chi connectivity index (χ0n) is 13.3. The van der Waals surface area contributed by atoms with Crippen LogP contribution in [-0.2, 0) is 10.2 Å². The highest BCUT2D eigenvalue weighted by atomic mass is 16.5. The van der Waals surface area contributed by atoms with E-state index in [1.54, 1.807) is 0 Å². The molecular formula is C17H26N2O2. The van der Waals surface area contributed by atoms with E-state index in [9.17, 15) is 4.79 Å². The first-order valence-corrected chi connectivity index (χ1v) is 7.61. The molecule has 0 spiro atoms. The van der Waals surface area contributed by atoms with Crippen LogP contribution >= 0.6 is 0 Å². The van der Waals surface area contributed by atoms with E-state index in [1.165, 1.54) is 5.56 Å². The SMILES string of the molecule is CC(C)(C)c1cccc(OCC(=O)N2CC[C@H](CN)C2)c1. The van der Waals surface area contributed by atoms with Crippen molar-refractivity contribution in [2.24, 2.45) is 11.7 Å². The van der Waals surface area contributed by atoms with Crippen LogP contribution < -0.4 is 10.5 Å². The fourth-order valence-electron chi connectivity index (χ4n) is 2.54. The predicted octanol–water partition coefficient (Wildman–Crippen LogP) is 2.17. The summed E-state index contributed by atoms with van der Waals surface area (Å²) in [6.07, 6.45) is 1.00. The molecule has 0 aliphatic carbocycles. The van der Waals surface area contributed by atoms with E-state index in [4.69, 9.17) is 10.5 Å². The highest BCUT2D eigenvalue weighted by molar-refractivity contribution is 5.78. The van der Waals surface area contributed by atoms with Gasteiger partial charge in [0, 0.05) is 13.1 Å². The number of amides is 1. The third-order valence-electron chi connectivity index (χ3n) is 4.03. The van der Waals surface area contributed by atoms with Gasteiger partial charge in [0.05, 0.1) is 0 Å². The Morgan fingerprint density at radius 2 is 2.19 bits per heavy atom. The first-order chi connectivity index (χ1) is 9.90. The molecule has 21 heavy (non-hydrogen) atoms. The number of rotatable bonds is 4. The molecular weight excluding hydrogens is 264 g/mol. The molecule has 1 aliphatic heterocycles. The molecule has 1 saturated heterocycles. The van der Waals surface area contributed by atoms with Gasteiger partial charge in [0.2, 0.25) is 0 Å². The molecule has 1 atom stereocenters. The maximum Gasteiger partial charge on any atom is 0.260 e. The van der Waals surface area contributed by atoms with Crippen molar-refractivity contribution in [2.75, 3.05) is 26.2 Å². The lowest BCUT2D eigenvalue weighted by atomic mass is 9.87. The van der Waals surface area contributed by atoms with Crippen molar-refractivity contribution >= 4 is 5.91 Å². The van der Waals surface area contributed by atoms with Crippen LogP contribution in [-0.4, -0.2) is 37.0 Å². The monoisotopic (exact) mass is 290 g/mol. The maximum absolute atomic E-state index is 12.1. The predicted molar refractivity (Wildman–Crippen MR) is 84.4 cm³/mol. The van der Waals surface area contributed by atoms with Gasteiger partial charge < -0.3 is 15.4 Å². The van der Waals surface area contributed by atoms with E-state index in [-0.39, 0.29) is 17.9 Å². The molecule has 0 aromatic heterocycles. The lowest BCUT2D eigenvalue weighted by Gasteiger charge is -2.20. The van der Waals surface area contributed by atoms with Gasteiger partial charge in [0.1, 0.15) is 5.75 Å².